The summed E-state index contributed by atoms with van der Waals surface area (Å²) >= 11 is 0. The van der Waals surface area contributed by atoms with Gasteiger partial charge in [-0.15, -0.1) is 0 Å². The molecule has 1 heterocycles. The van der Waals surface area contributed by atoms with Gasteiger partial charge in [-0.3, -0.25) is 0 Å². The van der Waals surface area contributed by atoms with Crippen molar-refractivity contribution >= 4 is 5.97 Å². The summed E-state index contributed by atoms with van der Waals surface area (Å²) in [4.78, 5) is 14.6. The molecule has 1 aromatic carbocycles. The highest BCUT2D eigenvalue weighted by atomic mass is 19.4. The first-order chi connectivity index (χ1) is 10.7. The Kier molecular flexibility index (Phi) is 4.79. The molecular formula is C16H16F3NO3. The molecule has 0 aliphatic heterocycles. The number of esters is 1. The van der Waals surface area contributed by atoms with Gasteiger partial charge in [-0.1, -0.05) is 30.3 Å². The maximum absolute atomic E-state index is 12.7. The first-order valence-electron chi connectivity index (χ1n) is 6.86. The van der Waals surface area contributed by atoms with Gasteiger partial charge < -0.3 is 14.8 Å². The number of ether oxygens (including phenoxy) is 1. The summed E-state index contributed by atoms with van der Waals surface area (Å²) in [5.74, 6) is -0.768. The molecule has 23 heavy (non-hydrogen) atoms. The van der Waals surface area contributed by atoms with E-state index >= 15 is 0 Å². The second-order valence-electron chi connectivity index (χ2n) is 5.17. The molecule has 0 amide bonds. The Morgan fingerprint density at radius 2 is 1.87 bits per heavy atom. The number of H-pyrrole nitrogens is 1. The number of nitrogens with one attached hydrogen (secondary N) is 1. The summed E-state index contributed by atoms with van der Waals surface area (Å²) in [6.45, 7) is 2.71. The number of rotatable bonds is 4. The third kappa shape index (κ3) is 3.73. The van der Waals surface area contributed by atoms with Crippen molar-refractivity contribution in [2.45, 2.75) is 32.7 Å². The molecule has 0 unspecified atom stereocenters. The van der Waals surface area contributed by atoms with E-state index in [0.29, 0.717) is 0 Å². The minimum Gasteiger partial charge on any atom is -0.456 e. The maximum atomic E-state index is 12.7. The van der Waals surface area contributed by atoms with Crippen LogP contribution in [0.1, 0.15) is 39.0 Å². The largest absolute Gasteiger partial charge is 0.456 e. The smallest absolute Gasteiger partial charge is 0.418 e. The van der Waals surface area contributed by atoms with Crippen molar-refractivity contribution < 1.29 is 27.8 Å². The zero-order valence-electron chi connectivity index (χ0n) is 12.6. The van der Waals surface area contributed by atoms with E-state index in [0.717, 1.165) is 5.56 Å². The van der Waals surface area contributed by atoms with Gasteiger partial charge in [-0.25, -0.2) is 4.79 Å². The predicted molar refractivity (Wildman–Crippen MR) is 76.8 cm³/mol. The van der Waals surface area contributed by atoms with Gasteiger partial charge in [0.1, 0.15) is 12.3 Å². The number of aliphatic hydroxyl groups is 1. The highest BCUT2D eigenvalue weighted by Gasteiger charge is 2.42. The van der Waals surface area contributed by atoms with Crippen molar-refractivity contribution in [1.29, 1.82) is 0 Å². The number of hydrogen-bond acceptors (Lipinski definition) is 3. The van der Waals surface area contributed by atoms with Gasteiger partial charge in [0, 0.05) is 11.3 Å². The number of aromatic amines is 1. The Bertz CT molecular complexity index is 693. The molecule has 2 rings (SSSR count). The van der Waals surface area contributed by atoms with Crippen LogP contribution in [0, 0.1) is 13.8 Å². The van der Waals surface area contributed by atoms with Crippen LogP contribution in [0.25, 0.3) is 0 Å². The van der Waals surface area contributed by atoms with Crippen molar-refractivity contribution in [3.8, 4) is 0 Å². The van der Waals surface area contributed by atoms with E-state index in [4.69, 9.17) is 4.74 Å². The lowest BCUT2D eigenvalue weighted by molar-refractivity contribution is -0.207. The lowest BCUT2D eigenvalue weighted by Crippen LogP contribution is -2.21. The average Bonchev–Trinajstić information content (AvgIpc) is 2.79. The van der Waals surface area contributed by atoms with Gasteiger partial charge in [0.25, 0.3) is 0 Å². The quantitative estimate of drug-likeness (QED) is 0.844. The van der Waals surface area contributed by atoms with Gasteiger partial charge in [0.05, 0.1) is 0 Å². The lowest BCUT2D eigenvalue weighted by atomic mass is 10.0. The van der Waals surface area contributed by atoms with Gasteiger partial charge in [-0.2, -0.15) is 13.2 Å². The monoisotopic (exact) mass is 327 g/mol. The highest BCUT2D eigenvalue weighted by molar-refractivity contribution is 5.89. The SMILES string of the molecule is Cc1[nH]c(C(=O)OCc2ccccc2)c(C)c1[C@H](O)C(F)(F)F. The molecule has 124 valence electrons. The first kappa shape index (κ1) is 17.1. The molecule has 0 spiro atoms. The molecule has 4 nitrogen and oxygen atoms in total. The number of carbonyl (C=O) groups is 1. The second kappa shape index (κ2) is 6.45. The number of benzene rings is 1. The molecule has 0 saturated heterocycles. The summed E-state index contributed by atoms with van der Waals surface area (Å²) in [5.41, 5.74) is 0.447. The van der Waals surface area contributed by atoms with Gasteiger partial charge in [0.15, 0.2) is 6.10 Å². The van der Waals surface area contributed by atoms with Crippen molar-refractivity contribution in [2.24, 2.45) is 0 Å². The summed E-state index contributed by atoms with van der Waals surface area (Å²) in [5, 5.41) is 9.42. The normalized spacial score (nSPS) is 13.0. The molecule has 0 bridgehead atoms. The van der Waals surface area contributed by atoms with E-state index < -0.39 is 18.2 Å². The van der Waals surface area contributed by atoms with Crippen molar-refractivity contribution in [3.63, 3.8) is 0 Å². The predicted octanol–water partition coefficient (Wildman–Crippen LogP) is 3.58. The number of alkyl halides is 3. The van der Waals surface area contributed by atoms with Crippen LogP contribution in [0.5, 0.6) is 0 Å². The number of aryl methyl sites for hydroxylation is 1. The molecular weight excluding hydrogens is 311 g/mol. The molecule has 0 radical (unpaired) electrons. The van der Waals surface area contributed by atoms with Crippen LogP contribution in [0.15, 0.2) is 30.3 Å². The average molecular weight is 327 g/mol. The third-order valence-corrected chi connectivity index (χ3v) is 3.50. The molecule has 1 atom stereocenters. The molecule has 7 heteroatoms. The fourth-order valence-electron chi connectivity index (χ4n) is 2.34. The lowest BCUT2D eigenvalue weighted by Gasteiger charge is -2.15. The van der Waals surface area contributed by atoms with E-state index in [1.807, 2.05) is 6.07 Å². The number of aromatic nitrogens is 1. The van der Waals surface area contributed by atoms with Crippen LogP contribution in [0.2, 0.25) is 0 Å². The van der Waals surface area contributed by atoms with Crippen LogP contribution < -0.4 is 0 Å². The van der Waals surface area contributed by atoms with E-state index in [9.17, 15) is 23.1 Å². The summed E-state index contributed by atoms with van der Waals surface area (Å²) in [6, 6.07) is 8.91. The minimum absolute atomic E-state index is 0.00827. The highest BCUT2D eigenvalue weighted by Crippen LogP contribution is 2.36. The number of aliphatic hydroxyl groups excluding tert-OH is 1. The zero-order chi connectivity index (χ0) is 17.2. The van der Waals surface area contributed by atoms with E-state index in [1.54, 1.807) is 24.3 Å². The van der Waals surface area contributed by atoms with Crippen molar-refractivity contribution in [1.82, 2.24) is 4.98 Å². The van der Waals surface area contributed by atoms with E-state index in [2.05, 4.69) is 4.98 Å². The molecule has 2 N–H and O–H groups in total. The van der Waals surface area contributed by atoms with Gasteiger partial charge in [0.2, 0.25) is 0 Å². The van der Waals surface area contributed by atoms with Gasteiger partial charge >= 0.3 is 12.1 Å². The van der Waals surface area contributed by atoms with Crippen LogP contribution in [0.4, 0.5) is 13.2 Å². The Morgan fingerprint density at radius 3 is 2.43 bits per heavy atom. The number of carbonyl (C=O) groups excluding carboxylic acids is 1. The number of hydrogen-bond donors (Lipinski definition) is 2. The molecule has 2 aromatic rings. The van der Waals surface area contributed by atoms with Crippen LogP contribution in [0.3, 0.4) is 0 Å². The Hall–Kier alpha value is -2.28. The minimum atomic E-state index is -4.80. The maximum Gasteiger partial charge on any atom is 0.418 e. The summed E-state index contributed by atoms with van der Waals surface area (Å²) in [6.07, 6.45) is -7.45. The number of halogens is 3. The Labute approximate surface area is 130 Å². The van der Waals surface area contributed by atoms with Gasteiger partial charge in [-0.05, 0) is 25.0 Å². The Morgan fingerprint density at radius 1 is 1.26 bits per heavy atom. The molecule has 1 aromatic heterocycles. The van der Waals surface area contributed by atoms with Crippen LogP contribution in [-0.2, 0) is 11.3 Å². The fraction of sp³-hybridized carbons (Fsp3) is 0.312. The zero-order valence-corrected chi connectivity index (χ0v) is 12.6. The fourth-order valence-corrected chi connectivity index (χ4v) is 2.34. The second-order valence-corrected chi connectivity index (χ2v) is 5.17. The van der Waals surface area contributed by atoms with E-state index in [1.165, 1.54) is 13.8 Å². The van der Waals surface area contributed by atoms with Crippen LogP contribution in [-0.4, -0.2) is 22.2 Å². The van der Waals surface area contributed by atoms with Crippen molar-refractivity contribution in [2.75, 3.05) is 0 Å². The van der Waals surface area contributed by atoms with E-state index in [-0.39, 0.29) is 29.1 Å². The molecule has 0 fully saturated rings. The summed E-state index contributed by atoms with van der Waals surface area (Å²) in [7, 11) is 0. The standard InChI is InChI=1S/C16H16F3NO3/c1-9-12(14(21)16(17,18)19)10(2)20-13(9)15(22)23-8-11-6-4-3-5-7-11/h3-7,14,20-21H,8H2,1-2H3/t14-/m0/s1. The Balaban J connectivity index is 2.19. The molecule has 0 aliphatic carbocycles. The van der Waals surface area contributed by atoms with Crippen LogP contribution >= 0.6 is 0 Å². The molecule has 0 saturated carbocycles. The summed E-state index contributed by atoms with van der Waals surface area (Å²) < 4.78 is 43.2. The first-order valence-corrected chi connectivity index (χ1v) is 6.86. The third-order valence-electron chi connectivity index (χ3n) is 3.50. The molecule has 0 aliphatic rings. The topological polar surface area (TPSA) is 62.3 Å². The van der Waals surface area contributed by atoms with Crippen molar-refractivity contribution in [3.05, 3.63) is 58.4 Å².